The standard InChI is InChI=1S/C21H22N4O3/c1-2-11-24-18-12-15(20(27)23-13-14-7-9-22-10-8-14)3-4-16(18)25-17(21(24)28)5-6-19(25)26/h3-4,7-10,12,17H,2,5-6,11,13H2,1H3,(H,23,27). The molecule has 144 valence electrons. The van der Waals surface area contributed by atoms with Crippen LogP contribution < -0.4 is 15.1 Å². The van der Waals surface area contributed by atoms with Gasteiger partial charge in [-0.1, -0.05) is 6.92 Å². The molecule has 1 fully saturated rings. The van der Waals surface area contributed by atoms with Crippen LogP contribution in [0.25, 0.3) is 0 Å². The number of benzene rings is 1. The average Bonchev–Trinajstić information content (AvgIpc) is 3.11. The summed E-state index contributed by atoms with van der Waals surface area (Å²) in [5.41, 5.74) is 2.77. The van der Waals surface area contributed by atoms with Gasteiger partial charge in [-0.15, -0.1) is 0 Å². The Labute approximate surface area is 163 Å². The van der Waals surface area contributed by atoms with Crippen molar-refractivity contribution in [1.29, 1.82) is 0 Å². The van der Waals surface area contributed by atoms with Gasteiger partial charge >= 0.3 is 0 Å². The number of carbonyl (C=O) groups excluding carboxylic acids is 3. The summed E-state index contributed by atoms with van der Waals surface area (Å²) < 4.78 is 0. The monoisotopic (exact) mass is 378 g/mol. The van der Waals surface area contributed by atoms with Crippen molar-refractivity contribution in [3.8, 4) is 0 Å². The van der Waals surface area contributed by atoms with E-state index in [1.807, 2.05) is 19.1 Å². The lowest BCUT2D eigenvalue weighted by atomic mass is 10.0. The maximum absolute atomic E-state index is 12.9. The van der Waals surface area contributed by atoms with Gasteiger partial charge in [-0.25, -0.2) is 0 Å². The summed E-state index contributed by atoms with van der Waals surface area (Å²) >= 11 is 0. The molecule has 0 radical (unpaired) electrons. The van der Waals surface area contributed by atoms with Crippen LogP contribution in [-0.2, 0) is 16.1 Å². The van der Waals surface area contributed by atoms with Crippen molar-refractivity contribution >= 4 is 29.1 Å². The first-order valence-corrected chi connectivity index (χ1v) is 9.54. The first-order valence-electron chi connectivity index (χ1n) is 9.54. The molecule has 3 heterocycles. The number of amides is 3. The van der Waals surface area contributed by atoms with Crippen molar-refractivity contribution in [3.63, 3.8) is 0 Å². The third kappa shape index (κ3) is 3.13. The molecule has 1 atom stereocenters. The molecule has 0 saturated carbocycles. The number of nitrogens with zero attached hydrogens (tertiary/aromatic N) is 3. The second-order valence-electron chi connectivity index (χ2n) is 7.05. The summed E-state index contributed by atoms with van der Waals surface area (Å²) in [4.78, 5) is 45.2. The Kier molecular flexibility index (Phi) is 4.81. The number of anilines is 2. The predicted molar refractivity (Wildman–Crippen MR) is 105 cm³/mol. The van der Waals surface area contributed by atoms with E-state index in [-0.39, 0.29) is 17.7 Å². The van der Waals surface area contributed by atoms with E-state index in [9.17, 15) is 14.4 Å². The van der Waals surface area contributed by atoms with Crippen molar-refractivity contribution < 1.29 is 14.4 Å². The molecule has 2 aliphatic heterocycles. The molecule has 1 saturated heterocycles. The highest BCUT2D eigenvalue weighted by Gasteiger charge is 2.44. The molecule has 1 aromatic heterocycles. The van der Waals surface area contributed by atoms with Gasteiger partial charge in [0.1, 0.15) is 6.04 Å². The molecular formula is C21H22N4O3. The van der Waals surface area contributed by atoms with Gasteiger partial charge in [0.05, 0.1) is 11.4 Å². The number of carbonyl (C=O) groups is 3. The van der Waals surface area contributed by atoms with Crippen LogP contribution >= 0.6 is 0 Å². The molecule has 0 aliphatic carbocycles. The molecule has 28 heavy (non-hydrogen) atoms. The van der Waals surface area contributed by atoms with Gasteiger partial charge in [-0.3, -0.25) is 24.3 Å². The van der Waals surface area contributed by atoms with Crippen LogP contribution in [0, 0.1) is 0 Å². The minimum atomic E-state index is -0.419. The van der Waals surface area contributed by atoms with Crippen LogP contribution in [0.2, 0.25) is 0 Å². The predicted octanol–water partition coefficient (Wildman–Crippen LogP) is 2.26. The van der Waals surface area contributed by atoms with Crippen LogP contribution in [0.15, 0.2) is 42.7 Å². The Hall–Kier alpha value is -3.22. The molecule has 1 unspecified atom stereocenters. The van der Waals surface area contributed by atoms with Gasteiger partial charge < -0.3 is 10.2 Å². The number of aromatic nitrogens is 1. The van der Waals surface area contributed by atoms with Crippen LogP contribution in [-0.4, -0.2) is 35.3 Å². The molecule has 0 spiro atoms. The topological polar surface area (TPSA) is 82.6 Å². The largest absolute Gasteiger partial charge is 0.348 e. The lowest BCUT2D eigenvalue weighted by molar-refractivity contribution is -0.122. The summed E-state index contributed by atoms with van der Waals surface area (Å²) in [6.45, 7) is 2.96. The summed E-state index contributed by atoms with van der Waals surface area (Å²) in [5.74, 6) is -0.321. The van der Waals surface area contributed by atoms with E-state index in [1.54, 1.807) is 40.4 Å². The first-order chi connectivity index (χ1) is 13.6. The fourth-order valence-electron chi connectivity index (χ4n) is 3.84. The maximum atomic E-state index is 12.9. The van der Waals surface area contributed by atoms with Gasteiger partial charge in [0.2, 0.25) is 11.8 Å². The lowest BCUT2D eigenvalue weighted by Gasteiger charge is -2.38. The van der Waals surface area contributed by atoms with Crippen molar-refractivity contribution in [1.82, 2.24) is 10.3 Å². The van der Waals surface area contributed by atoms with E-state index in [2.05, 4.69) is 10.3 Å². The Bertz CT molecular complexity index is 929. The number of nitrogens with one attached hydrogen (secondary N) is 1. The fraction of sp³-hybridized carbons (Fsp3) is 0.333. The van der Waals surface area contributed by atoms with Crippen LogP contribution in [0.3, 0.4) is 0 Å². The van der Waals surface area contributed by atoms with Gasteiger partial charge in [0, 0.05) is 37.5 Å². The van der Waals surface area contributed by atoms with Crippen LogP contribution in [0.1, 0.15) is 42.1 Å². The van der Waals surface area contributed by atoms with Gasteiger partial charge in [-0.05, 0) is 48.7 Å². The third-order valence-corrected chi connectivity index (χ3v) is 5.20. The Morgan fingerprint density at radius 3 is 2.71 bits per heavy atom. The quantitative estimate of drug-likeness (QED) is 0.865. The average molecular weight is 378 g/mol. The van der Waals surface area contributed by atoms with Crippen molar-refractivity contribution in [3.05, 3.63) is 53.9 Å². The summed E-state index contributed by atoms with van der Waals surface area (Å²) in [6.07, 6.45) is 5.08. The van der Waals surface area contributed by atoms with Gasteiger partial charge in [0.15, 0.2) is 0 Å². The smallest absolute Gasteiger partial charge is 0.251 e. The molecule has 7 heteroatoms. The fourth-order valence-corrected chi connectivity index (χ4v) is 3.84. The molecule has 7 nitrogen and oxygen atoms in total. The summed E-state index contributed by atoms with van der Waals surface area (Å²) in [7, 11) is 0. The van der Waals surface area contributed by atoms with E-state index >= 15 is 0 Å². The number of fused-ring (bicyclic) bond motifs is 3. The Morgan fingerprint density at radius 1 is 1.18 bits per heavy atom. The Morgan fingerprint density at radius 2 is 1.96 bits per heavy atom. The van der Waals surface area contributed by atoms with E-state index < -0.39 is 6.04 Å². The van der Waals surface area contributed by atoms with Gasteiger partial charge in [-0.2, -0.15) is 0 Å². The SMILES string of the molecule is CCCN1C(=O)C2CCC(=O)N2c2ccc(C(=O)NCc3ccncc3)cc21. The number of hydrogen-bond donors (Lipinski definition) is 1. The highest BCUT2D eigenvalue weighted by molar-refractivity contribution is 6.15. The minimum absolute atomic E-state index is 0.0364. The summed E-state index contributed by atoms with van der Waals surface area (Å²) in [6, 6.07) is 8.47. The van der Waals surface area contributed by atoms with Crippen LogP contribution in [0.5, 0.6) is 0 Å². The van der Waals surface area contributed by atoms with E-state index in [0.717, 1.165) is 12.0 Å². The maximum Gasteiger partial charge on any atom is 0.251 e. The highest BCUT2D eigenvalue weighted by atomic mass is 16.2. The second-order valence-corrected chi connectivity index (χ2v) is 7.05. The zero-order chi connectivity index (χ0) is 19.7. The normalized spacial score (nSPS) is 18.1. The minimum Gasteiger partial charge on any atom is -0.348 e. The highest BCUT2D eigenvalue weighted by Crippen LogP contribution is 2.41. The van der Waals surface area contributed by atoms with Crippen LogP contribution in [0.4, 0.5) is 11.4 Å². The molecule has 2 aliphatic rings. The van der Waals surface area contributed by atoms with E-state index in [4.69, 9.17) is 0 Å². The molecule has 2 aromatic rings. The Balaban J connectivity index is 1.63. The molecule has 1 N–H and O–H groups in total. The van der Waals surface area contributed by atoms with Gasteiger partial charge in [0.25, 0.3) is 5.91 Å². The zero-order valence-corrected chi connectivity index (χ0v) is 15.7. The first kappa shape index (κ1) is 18.2. The number of pyridine rings is 1. The zero-order valence-electron chi connectivity index (χ0n) is 15.7. The molecule has 3 amide bonds. The molecule has 1 aromatic carbocycles. The molecule has 0 bridgehead atoms. The third-order valence-electron chi connectivity index (χ3n) is 5.20. The van der Waals surface area contributed by atoms with Crippen molar-refractivity contribution in [2.75, 3.05) is 16.3 Å². The van der Waals surface area contributed by atoms with Crippen molar-refractivity contribution in [2.45, 2.75) is 38.8 Å². The van der Waals surface area contributed by atoms with E-state index in [0.29, 0.717) is 42.9 Å². The lowest BCUT2D eigenvalue weighted by Crippen LogP contribution is -2.52. The molecular weight excluding hydrogens is 356 g/mol. The number of rotatable bonds is 5. The second kappa shape index (κ2) is 7.42. The van der Waals surface area contributed by atoms with E-state index in [1.165, 1.54) is 0 Å². The van der Waals surface area contributed by atoms with Crippen molar-refractivity contribution in [2.24, 2.45) is 0 Å². The summed E-state index contributed by atoms with van der Waals surface area (Å²) in [5, 5.41) is 2.88. The number of hydrogen-bond acceptors (Lipinski definition) is 4. The molecule has 4 rings (SSSR count).